The first-order valence-corrected chi connectivity index (χ1v) is 9.51. The molecule has 2 aromatic rings. The molecule has 1 fully saturated rings. The second kappa shape index (κ2) is 8.61. The number of nitrogens with zero attached hydrogens (tertiary/aromatic N) is 3. The van der Waals surface area contributed by atoms with Crippen LogP contribution in [-0.2, 0) is 0 Å². The minimum Gasteiger partial charge on any atom is -0.493 e. The number of carbonyl (C=O) groups is 1. The number of ether oxygens (including phenoxy) is 2. The van der Waals surface area contributed by atoms with E-state index in [1.165, 1.54) is 7.11 Å². The Hall–Kier alpha value is -2.28. The Morgan fingerprint density at radius 1 is 1.37 bits per heavy atom. The van der Waals surface area contributed by atoms with E-state index in [1.807, 2.05) is 11.8 Å². The van der Waals surface area contributed by atoms with Crippen LogP contribution in [0.4, 0.5) is 0 Å². The summed E-state index contributed by atoms with van der Waals surface area (Å²) >= 11 is 6.33. The third-order valence-electron chi connectivity index (χ3n) is 4.60. The van der Waals surface area contributed by atoms with Gasteiger partial charge in [0, 0.05) is 24.6 Å². The average Bonchev–Trinajstić information content (AvgIpc) is 3.12. The maximum atomic E-state index is 12.9. The number of methoxy groups -OCH3 is 1. The Morgan fingerprint density at radius 3 is 2.70 bits per heavy atom. The summed E-state index contributed by atoms with van der Waals surface area (Å²) < 4.78 is 16.3. The first-order valence-electron chi connectivity index (χ1n) is 9.13. The molecule has 0 aliphatic carbocycles. The molecule has 0 unspecified atom stereocenters. The maximum absolute atomic E-state index is 12.9. The number of rotatable bonds is 6. The Kier molecular flexibility index (Phi) is 6.21. The Morgan fingerprint density at radius 2 is 2.11 bits per heavy atom. The van der Waals surface area contributed by atoms with Crippen molar-refractivity contribution in [2.24, 2.45) is 0 Å². The lowest BCUT2D eigenvalue weighted by Crippen LogP contribution is -2.38. The number of benzene rings is 1. The van der Waals surface area contributed by atoms with Crippen LogP contribution in [0.2, 0.25) is 5.02 Å². The van der Waals surface area contributed by atoms with Gasteiger partial charge in [-0.05, 0) is 38.3 Å². The van der Waals surface area contributed by atoms with Crippen molar-refractivity contribution in [3.05, 3.63) is 34.4 Å². The number of amides is 1. The van der Waals surface area contributed by atoms with Crippen molar-refractivity contribution in [1.82, 2.24) is 15.0 Å². The van der Waals surface area contributed by atoms with Crippen LogP contribution in [0.1, 0.15) is 54.2 Å². The van der Waals surface area contributed by atoms with Crippen molar-refractivity contribution in [2.75, 3.05) is 26.8 Å². The highest BCUT2D eigenvalue weighted by Gasteiger charge is 2.28. The molecule has 8 heteroatoms. The molecular formula is C19H24ClN3O4. The standard InChI is InChI=1S/C19H24ClN3O4/c1-4-9-26-17-15(20)10-14(11-16(17)25-3)19(24)23-7-5-13(6-8-23)18-21-12(2)22-27-18/h10-11,13H,4-9H2,1-3H3. The van der Waals surface area contributed by atoms with Crippen LogP contribution in [-0.4, -0.2) is 47.8 Å². The average molecular weight is 394 g/mol. The molecule has 0 radical (unpaired) electrons. The van der Waals surface area contributed by atoms with Gasteiger partial charge in [-0.15, -0.1) is 0 Å². The second-order valence-electron chi connectivity index (χ2n) is 6.58. The fourth-order valence-electron chi connectivity index (χ4n) is 3.18. The number of carbonyl (C=O) groups excluding carboxylic acids is 1. The van der Waals surface area contributed by atoms with E-state index in [0.29, 0.717) is 53.5 Å². The van der Waals surface area contributed by atoms with E-state index in [1.54, 1.807) is 19.1 Å². The summed E-state index contributed by atoms with van der Waals surface area (Å²) in [5.74, 6) is 2.35. The van der Waals surface area contributed by atoms with E-state index in [2.05, 4.69) is 10.1 Å². The summed E-state index contributed by atoms with van der Waals surface area (Å²) in [6, 6.07) is 3.33. The number of aryl methyl sites for hydroxylation is 1. The Bertz CT molecular complexity index is 800. The Balaban J connectivity index is 1.70. The highest BCUT2D eigenvalue weighted by atomic mass is 35.5. The van der Waals surface area contributed by atoms with E-state index < -0.39 is 0 Å². The van der Waals surface area contributed by atoms with Crippen LogP contribution in [0.3, 0.4) is 0 Å². The summed E-state index contributed by atoms with van der Waals surface area (Å²) in [5, 5.41) is 4.22. The minimum absolute atomic E-state index is 0.0719. The predicted octanol–water partition coefficient (Wildman–Crippen LogP) is 3.85. The SMILES string of the molecule is CCCOc1c(Cl)cc(C(=O)N2CCC(c3nc(C)no3)CC2)cc1OC. The van der Waals surface area contributed by atoms with Gasteiger partial charge in [-0.25, -0.2) is 0 Å². The molecule has 1 aromatic heterocycles. The number of hydrogen-bond acceptors (Lipinski definition) is 6. The van der Waals surface area contributed by atoms with Crippen LogP contribution >= 0.6 is 11.6 Å². The lowest BCUT2D eigenvalue weighted by atomic mass is 9.96. The molecule has 0 spiro atoms. The van der Waals surface area contributed by atoms with Crippen LogP contribution in [0.5, 0.6) is 11.5 Å². The van der Waals surface area contributed by atoms with E-state index >= 15 is 0 Å². The van der Waals surface area contributed by atoms with Gasteiger partial charge in [-0.3, -0.25) is 4.79 Å². The molecule has 27 heavy (non-hydrogen) atoms. The smallest absolute Gasteiger partial charge is 0.254 e. The van der Waals surface area contributed by atoms with E-state index in [0.717, 1.165) is 19.3 Å². The molecule has 1 saturated heterocycles. The van der Waals surface area contributed by atoms with Crippen molar-refractivity contribution in [3.63, 3.8) is 0 Å². The van der Waals surface area contributed by atoms with E-state index in [4.69, 9.17) is 25.6 Å². The molecule has 1 aliphatic rings. The minimum atomic E-state index is -0.0719. The lowest BCUT2D eigenvalue weighted by molar-refractivity contribution is 0.0704. The molecule has 0 N–H and O–H groups in total. The van der Waals surface area contributed by atoms with Crippen molar-refractivity contribution in [3.8, 4) is 11.5 Å². The first kappa shape index (κ1) is 19.5. The first-order chi connectivity index (χ1) is 13.0. The van der Waals surface area contributed by atoms with Crippen LogP contribution < -0.4 is 9.47 Å². The number of aromatic nitrogens is 2. The summed E-state index contributed by atoms with van der Waals surface area (Å²) in [6.07, 6.45) is 2.43. The number of halogens is 1. The summed E-state index contributed by atoms with van der Waals surface area (Å²) in [5.41, 5.74) is 0.493. The number of likely N-dealkylation sites (tertiary alicyclic amines) is 1. The normalized spacial score (nSPS) is 15.0. The molecule has 1 aliphatic heterocycles. The molecule has 1 amide bonds. The fourth-order valence-corrected chi connectivity index (χ4v) is 3.44. The fraction of sp³-hybridized carbons (Fsp3) is 0.526. The zero-order valence-electron chi connectivity index (χ0n) is 15.8. The lowest BCUT2D eigenvalue weighted by Gasteiger charge is -2.30. The summed E-state index contributed by atoms with van der Waals surface area (Å²) in [7, 11) is 1.54. The molecule has 0 atom stereocenters. The van der Waals surface area contributed by atoms with E-state index in [-0.39, 0.29) is 11.8 Å². The maximum Gasteiger partial charge on any atom is 0.254 e. The third-order valence-corrected chi connectivity index (χ3v) is 4.88. The molecule has 0 bridgehead atoms. The highest BCUT2D eigenvalue weighted by molar-refractivity contribution is 6.32. The molecule has 7 nitrogen and oxygen atoms in total. The molecule has 2 heterocycles. The zero-order valence-corrected chi connectivity index (χ0v) is 16.6. The van der Waals surface area contributed by atoms with Crippen molar-refractivity contribution < 1.29 is 18.8 Å². The summed E-state index contributed by atoms with van der Waals surface area (Å²) in [6.45, 7) is 5.60. The topological polar surface area (TPSA) is 77.7 Å². The van der Waals surface area contributed by atoms with Gasteiger partial charge < -0.3 is 18.9 Å². The Labute approximate surface area is 163 Å². The quantitative estimate of drug-likeness (QED) is 0.741. The molecule has 146 valence electrons. The van der Waals surface area contributed by atoms with Crippen molar-refractivity contribution in [2.45, 2.75) is 39.0 Å². The number of piperidine rings is 1. The van der Waals surface area contributed by atoms with E-state index in [9.17, 15) is 4.79 Å². The van der Waals surface area contributed by atoms with Gasteiger partial charge >= 0.3 is 0 Å². The van der Waals surface area contributed by atoms with Gasteiger partial charge in [0.05, 0.1) is 18.7 Å². The van der Waals surface area contributed by atoms with Gasteiger partial charge in [0.15, 0.2) is 17.3 Å². The van der Waals surface area contributed by atoms with Gasteiger partial charge in [-0.2, -0.15) is 4.98 Å². The van der Waals surface area contributed by atoms with Crippen LogP contribution in [0.25, 0.3) is 0 Å². The monoisotopic (exact) mass is 393 g/mol. The van der Waals surface area contributed by atoms with Gasteiger partial charge in [0.1, 0.15) is 0 Å². The van der Waals surface area contributed by atoms with Crippen LogP contribution in [0.15, 0.2) is 16.7 Å². The predicted molar refractivity (Wildman–Crippen MR) is 101 cm³/mol. The van der Waals surface area contributed by atoms with Crippen LogP contribution in [0, 0.1) is 6.92 Å². The third kappa shape index (κ3) is 4.35. The summed E-state index contributed by atoms with van der Waals surface area (Å²) in [4.78, 5) is 19.0. The van der Waals surface area contributed by atoms with Gasteiger partial charge in [-0.1, -0.05) is 23.7 Å². The molecule has 3 rings (SSSR count). The molecular weight excluding hydrogens is 370 g/mol. The molecule has 0 saturated carbocycles. The highest BCUT2D eigenvalue weighted by Crippen LogP contribution is 2.37. The van der Waals surface area contributed by atoms with Gasteiger partial charge in [0.25, 0.3) is 5.91 Å². The van der Waals surface area contributed by atoms with Crippen molar-refractivity contribution in [1.29, 1.82) is 0 Å². The van der Waals surface area contributed by atoms with Crippen molar-refractivity contribution >= 4 is 17.5 Å². The van der Waals surface area contributed by atoms with Gasteiger partial charge in [0.2, 0.25) is 5.89 Å². The second-order valence-corrected chi connectivity index (χ2v) is 6.99. The number of hydrogen-bond donors (Lipinski definition) is 0. The largest absolute Gasteiger partial charge is 0.493 e. The zero-order chi connectivity index (χ0) is 19.4. The molecule has 1 aromatic carbocycles.